The molecule has 0 spiro atoms. The third-order valence-electron chi connectivity index (χ3n) is 3.49. The SMILES string of the molecule is CC(C)c1ccc(NC(=O)COC(=O)/C=C/c2ccc(F)cc2)cc1. The normalized spacial score (nSPS) is 10.9. The number of amides is 1. The number of carbonyl (C=O) groups is 2. The lowest BCUT2D eigenvalue weighted by Gasteiger charge is -2.08. The van der Waals surface area contributed by atoms with E-state index in [1.807, 2.05) is 24.3 Å². The number of carbonyl (C=O) groups excluding carboxylic acids is 2. The topological polar surface area (TPSA) is 55.4 Å². The zero-order valence-electron chi connectivity index (χ0n) is 14.2. The summed E-state index contributed by atoms with van der Waals surface area (Å²) in [5.74, 6) is -0.994. The second kappa shape index (κ2) is 8.78. The summed E-state index contributed by atoms with van der Waals surface area (Å²) >= 11 is 0. The molecule has 2 rings (SSSR count). The number of ether oxygens (including phenoxy) is 1. The maximum Gasteiger partial charge on any atom is 0.331 e. The Labute approximate surface area is 146 Å². The molecule has 0 saturated carbocycles. The Balaban J connectivity index is 1.78. The minimum Gasteiger partial charge on any atom is -0.452 e. The van der Waals surface area contributed by atoms with Crippen molar-refractivity contribution in [2.24, 2.45) is 0 Å². The second-order valence-electron chi connectivity index (χ2n) is 5.82. The number of hydrogen-bond donors (Lipinski definition) is 1. The summed E-state index contributed by atoms with van der Waals surface area (Å²) in [5.41, 5.74) is 2.48. The van der Waals surface area contributed by atoms with E-state index < -0.39 is 11.9 Å². The van der Waals surface area contributed by atoms with Crippen LogP contribution >= 0.6 is 0 Å². The van der Waals surface area contributed by atoms with E-state index in [0.717, 1.165) is 0 Å². The first-order valence-corrected chi connectivity index (χ1v) is 7.94. The molecule has 25 heavy (non-hydrogen) atoms. The van der Waals surface area contributed by atoms with E-state index in [2.05, 4.69) is 19.2 Å². The highest BCUT2D eigenvalue weighted by molar-refractivity contribution is 5.94. The van der Waals surface area contributed by atoms with Gasteiger partial charge in [-0.15, -0.1) is 0 Å². The van der Waals surface area contributed by atoms with E-state index in [9.17, 15) is 14.0 Å². The molecule has 0 atom stereocenters. The summed E-state index contributed by atoms with van der Waals surface area (Å²) in [4.78, 5) is 23.4. The highest BCUT2D eigenvalue weighted by Gasteiger charge is 2.06. The number of nitrogens with one attached hydrogen (secondary N) is 1. The number of anilines is 1. The van der Waals surface area contributed by atoms with Gasteiger partial charge in [0.15, 0.2) is 6.61 Å². The highest BCUT2D eigenvalue weighted by Crippen LogP contribution is 2.17. The number of benzene rings is 2. The molecular weight excluding hydrogens is 321 g/mol. The first kappa shape index (κ1) is 18.4. The van der Waals surface area contributed by atoms with Crippen LogP contribution in [0.2, 0.25) is 0 Å². The maximum atomic E-state index is 12.8. The van der Waals surface area contributed by atoms with Crippen LogP contribution in [-0.2, 0) is 14.3 Å². The monoisotopic (exact) mass is 341 g/mol. The molecule has 5 heteroatoms. The van der Waals surface area contributed by atoms with Gasteiger partial charge in [0.1, 0.15) is 5.82 Å². The van der Waals surface area contributed by atoms with Crippen molar-refractivity contribution in [1.29, 1.82) is 0 Å². The van der Waals surface area contributed by atoms with Crippen molar-refractivity contribution in [2.45, 2.75) is 19.8 Å². The van der Waals surface area contributed by atoms with Crippen LogP contribution in [0.5, 0.6) is 0 Å². The van der Waals surface area contributed by atoms with Gasteiger partial charge < -0.3 is 10.1 Å². The summed E-state index contributed by atoms with van der Waals surface area (Å²) in [6.45, 7) is 3.80. The van der Waals surface area contributed by atoms with Crippen molar-refractivity contribution in [3.63, 3.8) is 0 Å². The maximum absolute atomic E-state index is 12.8. The number of hydrogen-bond acceptors (Lipinski definition) is 3. The largest absolute Gasteiger partial charge is 0.452 e. The van der Waals surface area contributed by atoms with E-state index in [4.69, 9.17) is 4.74 Å². The van der Waals surface area contributed by atoms with Crippen molar-refractivity contribution in [1.82, 2.24) is 0 Å². The zero-order chi connectivity index (χ0) is 18.2. The molecular formula is C20H20FNO3. The summed E-state index contributed by atoms with van der Waals surface area (Å²) in [6, 6.07) is 13.2. The first-order chi connectivity index (χ1) is 11.9. The van der Waals surface area contributed by atoms with Gasteiger partial charge in [0.2, 0.25) is 0 Å². The quantitative estimate of drug-likeness (QED) is 0.634. The van der Waals surface area contributed by atoms with Gasteiger partial charge in [-0.05, 0) is 47.4 Å². The molecule has 0 saturated heterocycles. The summed E-state index contributed by atoms with van der Waals surface area (Å²) in [6.07, 6.45) is 2.68. The molecule has 2 aromatic carbocycles. The zero-order valence-corrected chi connectivity index (χ0v) is 14.2. The minimum absolute atomic E-state index is 0.349. The van der Waals surface area contributed by atoms with Crippen molar-refractivity contribution in [2.75, 3.05) is 11.9 Å². The Morgan fingerprint density at radius 2 is 1.72 bits per heavy atom. The van der Waals surface area contributed by atoms with Gasteiger partial charge in [-0.25, -0.2) is 9.18 Å². The van der Waals surface area contributed by atoms with Gasteiger partial charge in [-0.1, -0.05) is 38.1 Å². The molecule has 0 fully saturated rings. The summed E-state index contributed by atoms with van der Waals surface area (Å²) in [5, 5.41) is 2.66. The average molecular weight is 341 g/mol. The molecule has 0 aliphatic heterocycles. The Hall–Kier alpha value is -2.95. The van der Waals surface area contributed by atoms with Crippen LogP contribution in [0.15, 0.2) is 54.6 Å². The minimum atomic E-state index is -0.644. The van der Waals surface area contributed by atoms with Crippen LogP contribution in [-0.4, -0.2) is 18.5 Å². The molecule has 1 N–H and O–H groups in total. The van der Waals surface area contributed by atoms with Gasteiger partial charge >= 0.3 is 5.97 Å². The molecule has 0 bridgehead atoms. The van der Waals surface area contributed by atoms with Crippen molar-refractivity contribution in [3.8, 4) is 0 Å². The Morgan fingerprint density at radius 3 is 2.32 bits per heavy atom. The van der Waals surface area contributed by atoms with E-state index in [0.29, 0.717) is 17.2 Å². The molecule has 0 aromatic heterocycles. The second-order valence-corrected chi connectivity index (χ2v) is 5.82. The molecule has 4 nitrogen and oxygen atoms in total. The third kappa shape index (κ3) is 6.22. The predicted octanol–water partition coefficient (Wildman–Crippen LogP) is 4.14. The highest BCUT2D eigenvalue weighted by atomic mass is 19.1. The van der Waals surface area contributed by atoms with Crippen LogP contribution in [0, 0.1) is 5.82 Å². The van der Waals surface area contributed by atoms with Gasteiger partial charge in [0, 0.05) is 11.8 Å². The Morgan fingerprint density at radius 1 is 1.08 bits per heavy atom. The predicted molar refractivity (Wildman–Crippen MR) is 95.6 cm³/mol. The molecule has 0 unspecified atom stereocenters. The lowest BCUT2D eigenvalue weighted by molar-refractivity contribution is -0.142. The van der Waals surface area contributed by atoms with Crippen molar-refractivity contribution >= 4 is 23.6 Å². The standard InChI is InChI=1S/C20H20FNO3/c1-14(2)16-6-10-18(11-7-16)22-19(23)13-25-20(24)12-5-15-3-8-17(21)9-4-15/h3-12,14H,13H2,1-2H3,(H,22,23)/b12-5+. The van der Waals surface area contributed by atoms with Crippen molar-refractivity contribution in [3.05, 3.63) is 71.6 Å². The fraction of sp³-hybridized carbons (Fsp3) is 0.200. The fourth-order valence-corrected chi connectivity index (χ4v) is 2.07. The summed E-state index contributed by atoms with van der Waals surface area (Å²) in [7, 11) is 0. The van der Waals surface area contributed by atoms with Gasteiger partial charge in [0.25, 0.3) is 5.91 Å². The van der Waals surface area contributed by atoms with Gasteiger partial charge in [0.05, 0.1) is 0 Å². The van der Waals surface area contributed by atoms with Crippen LogP contribution in [0.4, 0.5) is 10.1 Å². The third-order valence-corrected chi connectivity index (χ3v) is 3.49. The Kier molecular flexibility index (Phi) is 6.46. The van der Waals surface area contributed by atoms with Crippen molar-refractivity contribution < 1.29 is 18.7 Å². The molecule has 0 radical (unpaired) electrons. The molecule has 0 aliphatic carbocycles. The van der Waals surface area contributed by atoms with Crippen LogP contribution in [0.1, 0.15) is 30.9 Å². The molecule has 0 aliphatic rings. The van der Waals surface area contributed by atoms with Gasteiger partial charge in [-0.3, -0.25) is 4.79 Å². The number of esters is 1. The molecule has 2 aromatic rings. The Bertz CT molecular complexity index is 750. The fourth-order valence-electron chi connectivity index (χ4n) is 2.07. The number of rotatable bonds is 6. The lowest BCUT2D eigenvalue weighted by Crippen LogP contribution is -2.20. The van der Waals surface area contributed by atoms with E-state index in [1.165, 1.54) is 42.0 Å². The molecule has 130 valence electrons. The van der Waals surface area contributed by atoms with Crippen LogP contribution < -0.4 is 5.32 Å². The molecule has 1 amide bonds. The van der Waals surface area contributed by atoms with E-state index in [1.54, 1.807) is 0 Å². The van der Waals surface area contributed by atoms with Gasteiger partial charge in [-0.2, -0.15) is 0 Å². The van der Waals surface area contributed by atoms with E-state index >= 15 is 0 Å². The number of halogens is 1. The van der Waals surface area contributed by atoms with E-state index in [-0.39, 0.29) is 12.4 Å². The molecule has 0 heterocycles. The summed E-state index contributed by atoms with van der Waals surface area (Å²) < 4.78 is 17.6. The average Bonchev–Trinajstić information content (AvgIpc) is 2.60. The lowest BCUT2D eigenvalue weighted by atomic mass is 10.0. The smallest absolute Gasteiger partial charge is 0.331 e. The van der Waals surface area contributed by atoms with Crippen LogP contribution in [0.3, 0.4) is 0 Å². The van der Waals surface area contributed by atoms with Crippen LogP contribution in [0.25, 0.3) is 6.08 Å². The first-order valence-electron chi connectivity index (χ1n) is 7.94.